The van der Waals surface area contributed by atoms with Crippen LogP contribution in [0.5, 0.6) is 0 Å². The number of nitrogens with one attached hydrogen (secondary N) is 1. The maximum absolute atomic E-state index is 4.44. The second kappa shape index (κ2) is 7.04. The molecule has 0 spiro atoms. The number of hydrogen-bond donors (Lipinski definition) is 1. The third-order valence-electron chi connectivity index (χ3n) is 3.31. The van der Waals surface area contributed by atoms with E-state index in [-0.39, 0.29) is 5.41 Å². The van der Waals surface area contributed by atoms with Crippen LogP contribution in [-0.2, 0) is 13.0 Å². The Hall–Kier alpha value is -0.900. The standard InChI is InChI=1S/C15H30N4/c1-7-8-16-13(15(4,5)6)9-14-17-11-18-19(14)10-12(2)3/h11-13,16H,7-10H2,1-6H3. The highest BCUT2D eigenvalue weighted by atomic mass is 15.3. The van der Waals surface area contributed by atoms with Crippen molar-refractivity contribution in [1.82, 2.24) is 20.1 Å². The molecule has 1 unspecified atom stereocenters. The van der Waals surface area contributed by atoms with Crippen molar-refractivity contribution in [2.75, 3.05) is 6.54 Å². The fraction of sp³-hybridized carbons (Fsp3) is 0.867. The van der Waals surface area contributed by atoms with Crippen LogP contribution in [-0.4, -0.2) is 27.4 Å². The van der Waals surface area contributed by atoms with Gasteiger partial charge in [-0.15, -0.1) is 0 Å². The maximum Gasteiger partial charge on any atom is 0.138 e. The number of aromatic nitrogens is 3. The molecule has 0 bridgehead atoms. The second-order valence-electron chi connectivity index (χ2n) is 6.83. The predicted octanol–water partition coefficient (Wildman–Crippen LogP) is 2.89. The second-order valence-corrected chi connectivity index (χ2v) is 6.83. The third kappa shape index (κ3) is 5.31. The van der Waals surface area contributed by atoms with Crippen LogP contribution in [0.3, 0.4) is 0 Å². The van der Waals surface area contributed by atoms with Crippen LogP contribution in [0.15, 0.2) is 6.33 Å². The molecule has 0 aliphatic heterocycles. The number of hydrogen-bond acceptors (Lipinski definition) is 3. The molecule has 0 fully saturated rings. The molecule has 1 heterocycles. The van der Waals surface area contributed by atoms with Crippen LogP contribution in [0.4, 0.5) is 0 Å². The van der Waals surface area contributed by atoms with Crippen LogP contribution in [0, 0.1) is 11.3 Å². The van der Waals surface area contributed by atoms with E-state index in [1.807, 2.05) is 0 Å². The van der Waals surface area contributed by atoms with Gasteiger partial charge in [0.1, 0.15) is 12.2 Å². The molecule has 0 saturated heterocycles. The van der Waals surface area contributed by atoms with E-state index < -0.39 is 0 Å². The lowest BCUT2D eigenvalue weighted by atomic mass is 9.84. The van der Waals surface area contributed by atoms with Gasteiger partial charge >= 0.3 is 0 Å². The lowest BCUT2D eigenvalue weighted by molar-refractivity contribution is 0.260. The zero-order valence-electron chi connectivity index (χ0n) is 13.4. The summed E-state index contributed by atoms with van der Waals surface area (Å²) in [6, 6.07) is 0.433. The first kappa shape index (κ1) is 16.2. The lowest BCUT2D eigenvalue weighted by Gasteiger charge is -2.31. The highest BCUT2D eigenvalue weighted by molar-refractivity contribution is 4.94. The van der Waals surface area contributed by atoms with Gasteiger partial charge in [0.25, 0.3) is 0 Å². The van der Waals surface area contributed by atoms with E-state index in [9.17, 15) is 0 Å². The van der Waals surface area contributed by atoms with Gasteiger partial charge < -0.3 is 5.32 Å². The molecule has 110 valence electrons. The van der Waals surface area contributed by atoms with Crippen molar-refractivity contribution in [3.8, 4) is 0 Å². The van der Waals surface area contributed by atoms with Crippen LogP contribution in [0.25, 0.3) is 0 Å². The predicted molar refractivity (Wildman–Crippen MR) is 80.1 cm³/mol. The van der Waals surface area contributed by atoms with Crippen LogP contribution < -0.4 is 5.32 Å². The van der Waals surface area contributed by atoms with Gasteiger partial charge in [-0.1, -0.05) is 41.5 Å². The fourth-order valence-corrected chi connectivity index (χ4v) is 2.13. The molecule has 0 radical (unpaired) electrons. The first-order valence-corrected chi connectivity index (χ1v) is 7.44. The van der Waals surface area contributed by atoms with Crippen molar-refractivity contribution in [3.63, 3.8) is 0 Å². The average molecular weight is 266 g/mol. The van der Waals surface area contributed by atoms with Gasteiger partial charge in [-0.2, -0.15) is 5.10 Å². The Morgan fingerprint density at radius 1 is 1.32 bits per heavy atom. The zero-order chi connectivity index (χ0) is 14.5. The first-order chi connectivity index (χ1) is 8.84. The molecular formula is C15H30N4. The zero-order valence-corrected chi connectivity index (χ0v) is 13.4. The van der Waals surface area contributed by atoms with Crippen molar-refractivity contribution in [3.05, 3.63) is 12.2 Å². The minimum atomic E-state index is 0.226. The quantitative estimate of drug-likeness (QED) is 0.825. The molecule has 0 aromatic carbocycles. The Kier molecular flexibility index (Phi) is 5.98. The van der Waals surface area contributed by atoms with Crippen molar-refractivity contribution >= 4 is 0 Å². The molecule has 4 nitrogen and oxygen atoms in total. The van der Waals surface area contributed by atoms with Gasteiger partial charge in [0.2, 0.25) is 0 Å². The van der Waals surface area contributed by atoms with E-state index >= 15 is 0 Å². The third-order valence-corrected chi connectivity index (χ3v) is 3.31. The molecule has 0 amide bonds. The van der Waals surface area contributed by atoms with Crippen molar-refractivity contribution < 1.29 is 0 Å². The molecule has 1 aromatic rings. The topological polar surface area (TPSA) is 42.7 Å². The highest BCUT2D eigenvalue weighted by Crippen LogP contribution is 2.22. The van der Waals surface area contributed by atoms with Crippen molar-refractivity contribution in [2.24, 2.45) is 11.3 Å². The smallest absolute Gasteiger partial charge is 0.138 e. The van der Waals surface area contributed by atoms with Crippen molar-refractivity contribution in [2.45, 2.75) is 67.0 Å². The van der Waals surface area contributed by atoms with Gasteiger partial charge in [0, 0.05) is 19.0 Å². The minimum absolute atomic E-state index is 0.226. The normalized spacial score (nSPS) is 14.1. The van der Waals surface area contributed by atoms with Gasteiger partial charge in [0.15, 0.2) is 0 Å². The Morgan fingerprint density at radius 3 is 2.53 bits per heavy atom. The Morgan fingerprint density at radius 2 is 2.00 bits per heavy atom. The summed E-state index contributed by atoms with van der Waals surface area (Å²) in [4.78, 5) is 4.44. The fourth-order valence-electron chi connectivity index (χ4n) is 2.13. The molecule has 1 aromatic heterocycles. The summed E-state index contributed by atoms with van der Waals surface area (Å²) in [5.74, 6) is 1.69. The average Bonchev–Trinajstić information content (AvgIpc) is 2.69. The van der Waals surface area contributed by atoms with E-state index in [1.54, 1.807) is 6.33 Å². The summed E-state index contributed by atoms with van der Waals surface area (Å²) < 4.78 is 2.05. The SMILES string of the molecule is CCCNC(Cc1ncnn1CC(C)C)C(C)(C)C. The molecular weight excluding hydrogens is 236 g/mol. The summed E-state index contributed by atoms with van der Waals surface area (Å²) in [6.07, 6.45) is 3.78. The molecule has 0 aliphatic carbocycles. The van der Waals surface area contributed by atoms with Gasteiger partial charge in [0.05, 0.1) is 0 Å². The molecule has 19 heavy (non-hydrogen) atoms. The first-order valence-electron chi connectivity index (χ1n) is 7.44. The van der Waals surface area contributed by atoms with E-state index in [4.69, 9.17) is 0 Å². The van der Waals surface area contributed by atoms with Crippen molar-refractivity contribution in [1.29, 1.82) is 0 Å². The molecule has 0 saturated carbocycles. The van der Waals surface area contributed by atoms with E-state index in [0.29, 0.717) is 12.0 Å². The summed E-state index contributed by atoms with van der Waals surface area (Å²) in [5.41, 5.74) is 0.226. The van der Waals surface area contributed by atoms with E-state index in [0.717, 1.165) is 31.8 Å². The largest absolute Gasteiger partial charge is 0.313 e. The highest BCUT2D eigenvalue weighted by Gasteiger charge is 2.25. The number of nitrogens with zero attached hydrogens (tertiary/aromatic N) is 3. The molecule has 0 aliphatic rings. The van der Waals surface area contributed by atoms with Gasteiger partial charge in [-0.25, -0.2) is 9.67 Å². The van der Waals surface area contributed by atoms with Crippen LogP contribution in [0.2, 0.25) is 0 Å². The Labute approximate surface area is 118 Å². The summed E-state index contributed by atoms with van der Waals surface area (Å²) >= 11 is 0. The van der Waals surface area contributed by atoms with Crippen LogP contribution >= 0.6 is 0 Å². The molecule has 1 atom stereocenters. The maximum atomic E-state index is 4.44. The number of rotatable bonds is 7. The molecule has 1 rings (SSSR count). The molecule has 4 heteroatoms. The van der Waals surface area contributed by atoms with Gasteiger partial charge in [-0.3, -0.25) is 0 Å². The Balaban J connectivity index is 2.76. The lowest BCUT2D eigenvalue weighted by Crippen LogP contribution is -2.43. The minimum Gasteiger partial charge on any atom is -0.313 e. The van der Waals surface area contributed by atoms with E-state index in [2.05, 4.69) is 61.6 Å². The summed E-state index contributed by atoms with van der Waals surface area (Å²) in [6.45, 7) is 15.5. The monoisotopic (exact) mass is 266 g/mol. The van der Waals surface area contributed by atoms with E-state index in [1.165, 1.54) is 0 Å². The molecule has 1 N–H and O–H groups in total. The Bertz CT molecular complexity index is 362. The van der Waals surface area contributed by atoms with Gasteiger partial charge in [-0.05, 0) is 24.3 Å². The summed E-state index contributed by atoms with van der Waals surface area (Å²) in [5, 5.41) is 8.00. The summed E-state index contributed by atoms with van der Waals surface area (Å²) in [7, 11) is 0. The van der Waals surface area contributed by atoms with Crippen LogP contribution in [0.1, 0.15) is 53.8 Å².